The quantitative estimate of drug-likeness (QED) is 0.616. The average Bonchev–Trinajstić information content (AvgIpc) is 3.45. The summed E-state index contributed by atoms with van der Waals surface area (Å²) in [6.07, 6.45) is 4.02. The highest BCUT2D eigenvalue weighted by Crippen LogP contribution is 2.20. The van der Waals surface area contributed by atoms with Crippen molar-refractivity contribution in [2.45, 2.75) is 31.9 Å². The van der Waals surface area contributed by atoms with E-state index < -0.39 is 0 Å². The number of carbonyl (C=O) groups is 1. The maximum absolute atomic E-state index is 13.0. The molecule has 2 aromatic heterocycles. The Kier molecular flexibility index (Phi) is 5.65. The van der Waals surface area contributed by atoms with Gasteiger partial charge in [0.05, 0.1) is 24.8 Å². The predicted octanol–water partition coefficient (Wildman–Crippen LogP) is 4.15. The number of hydrogen-bond acceptors (Lipinski definition) is 5. The van der Waals surface area contributed by atoms with Crippen molar-refractivity contribution in [2.75, 3.05) is 13.2 Å². The molecule has 1 unspecified atom stereocenters. The number of benzene rings is 1. The van der Waals surface area contributed by atoms with E-state index in [9.17, 15) is 4.79 Å². The van der Waals surface area contributed by atoms with Crippen molar-refractivity contribution >= 4 is 17.2 Å². The number of thiophene rings is 1. The standard InChI is InChI=1S/C21H22N2O3S/c24-20(12-17-15-26-21(22-17)16-6-2-1-3-7-16)23(13-18-8-4-10-25-18)14-19-9-5-11-27-19/h1-3,5-7,9,11,15,18H,4,8,10,12-14H2. The van der Waals surface area contributed by atoms with Gasteiger partial charge in [0.1, 0.15) is 6.26 Å². The molecule has 0 bridgehead atoms. The van der Waals surface area contributed by atoms with Crippen LogP contribution in [0.4, 0.5) is 0 Å². The van der Waals surface area contributed by atoms with Crippen LogP contribution in [0.2, 0.25) is 0 Å². The topological polar surface area (TPSA) is 55.6 Å². The minimum Gasteiger partial charge on any atom is -0.444 e. The summed E-state index contributed by atoms with van der Waals surface area (Å²) in [5.74, 6) is 0.592. The van der Waals surface area contributed by atoms with Crippen LogP contribution in [0.3, 0.4) is 0 Å². The Hall–Kier alpha value is -2.44. The fourth-order valence-corrected chi connectivity index (χ4v) is 3.97. The SMILES string of the molecule is O=C(Cc1coc(-c2ccccc2)n1)N(Cc1cccs1)CC1CCCO1. The number of hydrogen-bond donors (Lipinski definition) is 0. The molecular weight excluding hydrogens is 360 g/mol. The molecule has 27 heavy (non-hydrogen) atoms. The molecule has 0 radical (unpaired) electrons. The summed E-state index contributed by atoms with van der Waals surface area (Å²) in [7, 11) is 0. The normalized spacial score (nSPS) is 16.5. The number of ether oxygens (including phenoxy) is 1. The summed E-state index contributed by atoms with van der Waals surface area (Å²) >= 11 is 1.67. The van der Waals surface area contributed by atoms with Crippen molar-refractivity contribution in [3.8, 4) is 11.5 Å². The molecule has 1 aromatic carbocycles. The summed E-state index contributed by atoms with van der Waals surface area (Å²) in [6, 6.07) is 13.8. The molecule has 1 atom stereocenters. The minimum atomic E-state index is 0.0480. The number of rotatable bonds is 7. The van der Waals surface area contributed by atoms with Gasteiger partial charge < -0.3 is 14.1 Å². The van der Waals surface area contributed by atoms with E-state index in [2.05, 4.69) is 11.1 Å². The van der Waals surface area contributed by atoms with Gasteiger partial charge in [-0.3, -0.25) is 4.79 Å². The van der Waals surface area contributed by atoms with Crippen molar-refractivity contribution in [3.63, 3.8) is 0 Å². The van der Waals surface area contributed by atoms with E-state index in [1.807, 2.05) is 46.7 Å². The molecule has 1 fully saturated rings. The first-order valence-electron chi connectivity index (χ1n) is 9.19. The van der Waals surface area contributed by atoms with Crippen LogP contribution in [-0.4, -0.2) is 35.0 Å². The van der Waals surface area contributed by atoms with Gasteiger partial charge in [0, 0.05) is 23.6 Å². The summed E-state index contributed by atoms with van der Waals surface area (Å²) in [5, 5.41) is 2.04. The van der Waals surface area contributed by atoms with Crippen LogP contribution >= 0.6 is 11.3 Å². The maximum atomic E-state index is 13.0. The van der Waals surface area contributed by atoms with Gasteiger partial charge in [-0.1, -0.05) is 24.3 Å². The molecule has 6 heteroatoms. The zero-order valence-corrected chi connectivity index (χ0v) is 15.9. The third-order valence-electron chi connectivity index (χ3n) is 4.63. The van der Waals surface area contributed by atoms with Crippen molar-refractivity contribution in [1.29, 1.82) is 0 Å². The number of oxazole rings is 1. The van der Waals surface area contributed by atoms with Crippen LogP contribution in [0.5, 0.6) is 0 Å². The predicted molar refractivity (Wildman–Crippen MR) is 104 cm³/mol. The largest absolute Gasteiger partial charge is 0.444 e. The molecular formula is C21H22N2O3S. The Morgan fingerprint density at radius 3 is 2.85 bits per heavy atom. The second-order valence-corrected chi connectivity index (χ2v) is 7.71. The molecule has 0 saturated carbocycles. The smallest absolute Gasteiger partial charge is 0.229 e. The second kappa shape index (κ2) is 8.50. The Morgan fingerprint density at radius 2 is 2.11 bits per heavy atom. The highest BCUT2D eigenvalue weighted by atomic mass is 32.1. The van der Waals surface area contributed by atoms with E-state index in [1.54, 1.807) is 17.6 Å². The lowest BCUT2D eigenvalue weighted by molar-refractivity contribution is -0.132. The van der Waals surface area contributed by atoms with Crippen LogP contribution in [0, 0.1) is 0 Å². The van der Waals surface area contributed by atoms with E-state index in [4.69, 9.17) is 9.15 Å². The van der Waals surface area contributed by atoms with Gasteiger partial charge in [0.2, 0.25) is 11.8 Å². The number of amides is 1. The lowest BCUT2D eigenvalue weighted by atomic mass is 10.2. The zero-order valence-electron chi connectivity index (χ0n) is 15.0. The average molecular weight is 382 g/mol. The van der Waals surface area contributed by atoms with Gasteiger partial charge in [-0.15, -0.1) is 11.3 Å². The number of nitrogens with zero attached hydrogens (tertiary/aromatic N) is 2. The Bertz CT molecular complexity index is 855. The van der Waals surface area contributed by atoms with Crippen molar-refractivity contribution < 1.29 is 13.9 Å². The first-order valence-corrected chi connectivity index (χ1v) is 10.1. The summed E-state index contributed by atoms with van der Waals surface area (Å²) < 4.78 is 11.3. The molecule has 3 heterocycles. The molecule has 1 aliphatic rings. The lowest BCUT2D eigenvalue weighted by Crippen LogP contribution is -2.37. The Balaban J connectivity index is 1.45. The van der Waals surface area contributed by atoms with Gasteiger partial charge >= 0.3 is 0 Å². The van der Waals surface area contributed by atoms with Gasteiger partial charge in [0.15, 0.2) is 0 Å². The molecule has 1 saturated heterocycles. The van der Waals surface area contributed by atoms with Gasteiger partial charge in [-0.2, -0.15) is 0 Å². The molecule has 1 amide bonds. The molecule has 1 aliphatic heterocycles. The number of carbonyl (C=O) groups excluding carboxylic acids is 1. The summed E-state index contributed by atoms with van der Waals surface area (Å²) in [6.45, 7) is 2.02. The third kappa shape index (κ3) is 4.64. The van der Waals surface area contributed by atoms with Gasteiger partial charge in [-0.05, 0) is 36.4 Å². The molecule has 0 spiro atoms. The first kappa shape index (κ1) is 17.9. The van der Waals surface area contributed by atoms with E-state index in [-0.39, 0.29) is 18.4 Å². The van der Waals surface area contributed by atoms with E-state index in [1.165, 1.54) is 4.88 Å². The molecule has 0 N–H and O–H groups in total. The minimum absolute atomic E-state index is 0.0480. The molecule has 5 nitrogen and oxygen atoms in total. The van der Waals surface area contributed by atoms with Crippen LogP contribution in [0.25, 0.3) is 11.5 Å². The number of aromatic nitrogens is 1. The molecule has 3 aromatic rings. The van der Waals surface area contributed by atoms with Crippen LogP contribution in [0.1, 0.15) is 23.4 Å². The van der Waals surface area contributed by atoms with Crippen LogP contribution < -0.4 is 0 Å². The van der Waals surface area contributed by atoms with Crippen molar-refractivity contribution in [3.05, 3.63) is 64.7 Å². The monoisotopic (exact) mass is 382 g/mol. The Morgan fingerprint density at radius 1 is 1.22 bits per heavy atom. The molecule has 4 rings (SSSR count). The second-order valence-electron chi connectivity index (χ2n) is 6.68. The van der Waals surface area contributed by atoms with E-state index in [0.29, 0.717) is 24.7 Å². The van der Waals surface area contributed by atoms with Crippen LogP contribution in [-0.2, 0) is 22.5 Å². The van der Waals surface area contributed by atoms with Gasteiger partial charge in [0.25, 0.3) is 0 Å². The lowest BCUT2D eigenvalue weighted by Gasteiger charge is -2.24. The fourth-order valence-electron chi connectivity index (χ4n) is 3.25. The van der Waals surface area contributed by atoms with E-state index >= 15 is 0 Å². The zero-order chi connectivity index (χ0) is 18.5. The van der Waals surface area contributed by atoms with Crippen molar-refractivity contribution in [2.24, 2.45) is 0 Å². The Labute approximate surface area is 162 Å². The third-order valence-corrected chi connectivity index (χ3v) is 5.49. The van der Waals surface area contributed by atoms with Crippen LogP contribution in [0.15, 0.2) is 58.5 Å². The van der Waals surface area contributed by atoms with Gasteiger partial charge in [-0.25, -0.2) is 4.98 Å². The van der Waals surface area contributed by atoms with E-state index in [0.717, 1.165) is 25.0 Å². The first-order chi connectivity index (χ1) is 13.3. The maximum Gasteiger partial charge on any atom is 0.229 e. The van der Waals surface area contributed by atoms with Crippen molar-refractivity contribution in [1.82, 2.24) is 9.88 Å². The fraction of sp³-hybridized carbons (Fsp3) is 0.333. The molecule has 140 valence electrons. The summed E-state index contributed by atoms with van der Waals surface area (Å²) in [4.78, 5) is 20.5. The summed E-state index contributed by atoms with van der Waals surface area (Å²) in [5.41, 5.74) is 1.56. The molecule has 0 aliphatic carbocycles. The highest BCUT2D eigenvalue weighted by Gasteiger charge is 2.24. The highest BCUT2D eigenvalue weighted by molar-refractivity contribution is 7.09.